The lowest BCUT2D eigenvalue weighted by atomic mass is 9.48. The summed E-state index contributed by atoms with van der Waals surface area (Å²) in [5.41, 5.74) is -0.902. The average Bonchev–Trinajstić information content (AvgIpc) is 3.76. The van der Waals surface area contributed by atoms with E-state index in [1.807, 2.05) is 20.8 Å². The number of nitro groups is 1. The van der Waals surface area contributed by atoms with E-state index in [0.29, 0.717) is 53.5 Å². The van der Waals surface area contributed by atoms with E-state index < -0.39 is 34.1 Å². The Labute approximate surface area is 324 Å². The number of esters is 3. The number of non-ortho nitro benzene ring substituents is 1. The van der Waals surface area contributed by atoms with Crippen LogP contribution in [-0.2, 0) is 28.6 Å². The van der Waals surface area contributed by atoms with Gasteiger partial charge in [-0.05, 0) is 163 Å². The van der Waals surface area contributed by atoms with Crippen LogP contribution in [-0.4, -0.2) is 56.5 Å². The number of hydrogen-bond acceptors (Lipinski definition) is 12. The van der Waals surface area contributed by atoms with Crippen molar-refractivity contribution in [2.75, 3.05) is 5.32 Å². The van der Waals surface area contributed by atoms with Gasteiger partial charge in [-0.15, -0.1) is 0 Å². The second-order valence-electron chi connectivity index (χ2n) is 18.9. The lowest BCUT2D eigenvalue weighted by Crippen LogP contribution is -2.51. The molecule has 0 radical (unpaired) electrons. The molecule has 1 heterocycles. The van der Waals surface area contributed by atoms with E-state index in [1.165, 1.54) is 25.0 Å². The van der Waals surface area contributed by atoms with E-state index >= 15 is 0 Å². The molecule has 0 bridgehead atoms. The number of nitro benzene ring substituents is 1. The fourth-order valence-corrected chi connectivity index (χ4v) is 10.5. The zero-order valence-electron chi connectivity index (χ0n) is 33.8. The summed E-state index contributed by atoms with van der Waals surface area (Å²) >= 11 is 0. The molecule has 1 aromatic carbocycles. The summed E-state index contributed by atoms with van der Waals surface area (Å²) in [6, 6.07) is 1.80. The lowest BCUT2D eigenvalue weighted by Gasteiger charge is -2.57. The minimum Gasteiger partial charge on any atom is -0.461 e. The standard InChI is InChI=1S/C42H60N4O9/c1-24(9-19-35(47)53-40(2,3)4)27-12-13-29-28(27)14-15-31-30(29)11-10-25-23-26(21-22-42(25,31)8)52-39(49)33(17-20-36(48)54-41(5,6)7)43-32-16-18-34(46(50)51)38-37(32)44-55-45-38/h14-16,18,24-31,33,43H,9-13,17,19-23H2,1-8H3/t24-,25-,26-,27?,28?,29-,30+,31+,33+,42+/m1/s1. The quantitative estimate of drug-likeness (QED) is 0.0717. The Morgan fingerprint density at radius 2 is 1.58 bits per heavy atom. The van der Waals surface area contributed by atoms with Crippen LogP contribution in [0.15, 0.2) is 28.9 Å². The highest BCUT2D eigenvalue weighted by Crippen LogP contribution is 2.62. The van der Waals surface area contributed by atoms with Gasteiger partial charge in [0.2, 0.25) is 5.52 Å². The lowest BCUT2D eigenvalue weighted by molar-refractivity contribution is -0.383. The Bertz CT molecular complexity index is 1780. The number of fused-ring (bicyclic) bond motifs is 6. The second kappa shape index (κ2) is 15.8. The van der Waals surface area contributed by atoms with Crippen LogP contribution in [0.25, 0.3) is 11.0 Å². The number of nitrogens with one attached hydrogen (secondary N) is 1. The van der Waals surface area contributed by atoms with Crippen LogP contribution in [0.5, 0.6) is 0 Å². The van der Waals surface area contributed by atoms with Crippen molar-refractivity contribution in [1.29, 1.82) is 0 Å². The first-order valence-electron chi connectivity index (χ1n) is 20.3. The molecule has 3 fully saturated rings. The highest BCUT2D eigenvalue weighted by atomic mass is 16.6. The number of rotatable bonds is 12. The van der Waals surface area contributed by atoms with Gasteiger partial charge in [0, 0.05) is 18.9 Å². The van der Waals surface area contributed by atoms with E-state index in [4.69, 9.17) is 18.8 Å². The van der Waals surface area contributed by atoms with Crippen molar-refractivity contribution >= 4 is 40.3 Å². The van der Waals surface area contributed by atoms with Crippen LogP contribution in [0, 0.1) is 57.0 Å². The Balaban J connectivity index is 1.10. The average molecular weight is 765 g/mol. The van der Waals surface area contributed by atoms with Gasteiger partial charge >= 0.3 is 23.6 Å². The molecule has 6 rings (SSSR count). The Kier molecular flexibility index (Phi) is 11.7. The molecule has 0 aliphatic heterocycles. The molecule has 302 valence electrons. The second-order valence-corrected chi connectivity index (χ2v) is 18.9. The highest BCUT2D eigenvalue weighted by molar-refractivity contribution is 5.95. The molecule has 0 saturated heterocycles. The third-order valence-corrected chi connectivity index (χ3v) is 13.0. The normalized spacial score (nSPS) is 30.0. The SMILES string of the molecule is C[C@H](CCC(=O)OC(C)(C)C)C1CC[C@@H]2C1C=C[C@H]1[C@H]2CC[C@@H]2C[C@H](OC(=O)[C@H](CCC(=O)OC(C)(C)C)Nc3ccc([N+](=O)[O-])c4nonc34)CC[C@@]21C. The monoisotopic (exact) mass is 764 g/mol. The smallest absolute Gasteiger partial charge is 0.328 e. The minimum absolute atomic E-state index is 0.0382. The molecular formula is C42H60N4O9. The molecule has 0 spiro atoms. The molecule has 13 nitrogen and oxygen atoms in total. The Morgan fingerprint density at radius 3 is 2.25 bits per heavy atom. The number of hydrogen-bond donors (Lipinski definition) is 1. The number of aromatic nitrogens is 2. The predicted molar refractivity (Wildman–Crippen MR) is 206 cm³/mol. The fraction of sp³-hybridized carbons (Fsp3) is 0.738. The summed E-state index contributed by atoms with van der Waals surface area (Å²) < 4.78 is 22.2. The number of allylic oxidation sites excluding steroid dienone is 2. The molecule has 1 aromatic heterocycles. The molecule has 10 atom stereocenters. The van der Waals surface area contributed by atoms with E-state index in [0.717, 1.165) is 38.5 Å². The van der Waals surface area contributed by atoms with Crippen LogP contribution >= 0.6 is 0 Å². The maximum atomic E-state index is 13.9. The molecule has 4 aliphatic rings. The number of benzene rings is 1. The zero-order chi connectivity index (χ0) is 39.9. The molecule has 4 aliphatic carbocycles. The van der Waals surface area contributed by atoms with Crippen LogP contribution in [0.2, 0.25) is 0 Å². The van der Waals surface area contributed by atoms with Crippen molar-refractivity contribution in [3.63, 3.8) is 0 Å². The van der Waals surface area contributed by atoms with Crippen molar-refractivity contribution < 1.29 is 38.1 Å². The summed E-state index contributed by atoms with van der Waals surface area (Å²) in [7, 11) is 0. The third kappa shape index (κ3) is 9.17. The maximum absolute atomic E-state index is 13.9. The number of anilines is 1. The van der Waals surface area contributed by atoms with Gasteiger partial charge in [-0.25, -0.2) is 9.42 Å². The van der Waals surface area contributed by atoms with Gasteiger partial charge in [0.15, 0.2) is 5.52 Å². The van der Waals surface area contributed by atoms with E-state index in [9.17, 15) is 24.5 Å². The maximum Gasteiger partial charge on any atom is 0.328 e. The number of carbonyl (C=O) groups excluding carboxylic acids is 3. The number of ether oxygens (including phenoxy) is 3. The topological polar surface area (TPSA) is 173 Å². The minimum atomic E-state index is -0.946. The third-order valence-electron chi connectivity index (χ3n) is 13.0. The fourth-order valence-electron chi connectivity index (χ4n) is 10.5. The van der Waals surface area contributed by atoms with Crippen molar-refractivity contribution in [1.82, 2.24) is 10.3 Å². The van der Waals surface area contributed by atoms with Gasteiger partial charge in [-0.3, -0.25) is 19.7 Å². The molecule has 1 N–H and O–H groups in total. The first-order valence-corrected chi connectivity index (χ1v) is 20.3. The van der Waals surface area contributed by atoms with Crippen LogP contribution in [0.3, 0.4) is 0 Å². The van der Waals surface area contributed by atoms with Crippen molar-refractivity contribution in [2.45, 2.75) is 149 Å². The van der Waals surface area contributed by atoms with Crippen LogP contribution in [0.1, 0.15) is 126 Å². The summed E-state index contributed by atoms with van der Waals surface area (Å²) in [6.07, 6.45) is 13.4. The molecule has 2 unspecified atom stereocenters. The zero-order valence-corrected chi connectivity index (χ0v) is 33.8. The van der Waals surface area contributed by atoms with Gasteiger partial charge in [-0.1, -0.05) is 26.0 Å². The van der Waals surface area contributed by atoms with Crippen LogP contribution < -0.4 is 5.32 Å². The predicted octanol–water partition coefficient (Wildman–Crippen LogP) is 8.75. The van der Waals surface area contributed by atoms with Gasteiger partial charge in [0.05, 0.1) is 10.6 Å². The molecular weight excluding hydrogens is 704 g/mol. The summed E-state index contributed by atoms with van der Waals surface area (Å²) in [5, 5.41) is 22.3. The van der Waals surface area contributed by atoms with E-state index in [-0.39, 0.29) is 47.1 Å². The summed E-state index contributed by atoms with van der Waals surface area (Å²) in [6.45, 7) is 15.9. The largest absolute Gasteiger partial charge is 0.461 e. The number of carbonyl (C=O) groups is 3. The van der Waals surface area contributed by atoms with Gasteiger partial charge in [0.1, 0.15) is 23.3 Å². The highest BCUT2D eigenvalue weighted by Gasteiger charge is 2.55. The summed E-state index contributed by atoms with van der Waals surface area (Å²) in [4.78, 5) is 50.1. The first-order chi connectivity index (χ1) is 25.8. The van der Waals surface area contributed by atoms with Gasteiger partial charge in [0.25, 0.3) is 0 Å². The van der Waals surface area contributed by atoms with Crippen molar-refractivity contribution in [2.24, 2.45) is 46.8 Å². The van der Waals surface area contributed by atoms with E-state index in [2.05, 4.69) is 41.6 Å². The molecule has 13 heteroatoms. The van der Waals surface area contributed by atoms with Crippen molar-refractivity contribution in [3.8, 4) is 0 Å². The molecule has 3 saturated carbocycles. The molecule has 55 heavy (non-hydrogen) atoms. The van der Waals surface area contributed by atoms with Gasteiger partial charge < -0.3 is 19.5 Å². The first kappa shape index (κ1) is 40.6. The Hall–Kier alpha value is -4.03. The van der Waals surface area contributed by atoms with Crippen LogP contribution in [0.4, 0.5) is 11.4 Å². The number of nitrogens with zero attached hydrogens (tertiary/aromatic N) is 3. The molecule has 2 aromatic rings. The van der Waals surface area contributed by atoms with E-state index in [1.54, 1.807) is 20.8 Å². The molecule has 0 amide bonds. The van der Waals surface area contributed by atoms with Crippen molar-refractivity contribution in [3.05, 3.63) is 34.4 Å². The Morgan fingerprint density at radius 1 is 0.927 bits per heavy atom. The van der Waals surface area contributed by atoms with Gasteiger partial charge in [-0.2, -0.15) is 0 Å². The summed E-state index contributed by atoms with van der Waals surface area (Å²) in [5.74, 6) is 2.77.